The van der Waals surface area contributed by atoms with Crippen molar-refractivity contribution in [2.75, 3.05) is 32.8 Å². The van der Waals surface area contributed by atoms with Crippen molar-refractivity contribution in [2.45, 2.75) is 45.2 Å². The molecule has 2 saturated heterocycles. The largest absolute Gasteiger partial charge is 0.380 e. The van der Waals surface area contributed by atoms with E-state index < -0.39 is 0 Å². The fourth-order valence-corrected chi connectivity index (χ4v) is 2.88. The second kappa shape index (κ2) is 5.99. The lowest BCUT2D eigenvalue weighted by molar-refractivity contribution is 0.134. The predicted octanol–water partition coefficient (Wildman–Crippen LogP) is 1.49. The number of likely N-dealkylation sites (tertiary alicyclic amines) is 1. The zero-order valence-corrected chi connectivity index (χ0v) is 10.7. The van der Waals surface area contributed by atoms with Crippen molar-refractivity contribution < 1.29 is 4.74 Å². The molecule has 3 nitrogen and oxygen atoms in total. The maximum atomic E-state index is 5.50. The van der Waals surface area contributed by atoms with Crippen molar-refractivity contribution in [3.8, 4) is 0 Å². The first-order valence-corrected chi connectivity index (χ1v) is 6.81. The van der Waals surface area contributed by atoms with E-state index in [2.05, 4.69) is 24.1 Å². The van der Waals surface area contributed by atoms with Crippen LogP contribution in [0.1, 0.15) is 33.1 Å². The smallest absolute Gasteiger partial charge is 0.0622 e. The normalized spacial score (nSPS) is 31.7. The Bertz CT molecular complexity index is 202. The Balaban J connectivity index is 1.74. The van der Waals surface area contributed by atoms with Gasteiger partial charge in [0, 0.05) is 25.2 Å². The summed E-state index contributed by atoms with van der Waals surface area (Å²) in [5, 5.41) is 3.60. The maximum Gasteiger partial charge on any atom is 0.0622 e. The van der Waals surface area contributed by atoms with Crippen LogP contribution in [0.5, 0.6) is 0 Å². The molecule has 0 spiro atoms. The molecule has 0 aromatic carbocycles. The molecule has 2 aliphatic rings. The molecule has 16 heavy (non-hydrogen) atoms. The molecule has 1 N–H and O–H groups in total. The van der Waals surface area contributed by atoms with Crippen molar-refractivity contribution in [2.24, 2.45) is 5.92 Å². The standard InChI is InChI=1S/C13H26N2O/c1-11(2)8-14-9-12-4-3-6-15(12)13-5-7-16-10-13/h11-14H,3-10H2,1-2H3. The predicted molar refractivity (Wildman–Crippen MR) is 66.7 cm³/mol. The molecular formula is C13H26N2O. The average molecular weight is 226 g/mol. The maximum absolute atomic E-state index is 5.50. The molecule has 2 heterocycles. The third kappa shape index (κ3) is 3.19. The average Bonchev–Trinajstić information content (AvgIpc) is 2.84. The minimum atomic E-state index is 0.702. The molecule has 2 aliphatic heterocycles. The molecule has 0 aliphatic carbocycles. The topological polar surface area (TPSA) is 24.5 Å². The van der Waals surface area contributed by atoms with Gasteiger partial charge in [-0.25, -0.2) is 0 Å². The van der Waals surface area contributed by atoms with Crippen LogP contribution in [0, 0.1) is 5.92 Å². The van der Waals surface area contributed by atoms with E-state index in [9.17, 15) is 0 Å². The fraction of sp³-hybridized carbons (Fsp3) is 1.00. The quantitative estimate of drug-likeness (QED) is 0.768. The molecule has 0 bridgehead atoms. The van der Waals surface area contributed by atoms with E-state index in [0.717, 1.165) is 38.3 Å². The lowest BCUT2D eigenvalue weighted by Gasteiger charge is -2.29. The lowest BCUT2D eigenvalue weighted by Crippen LogP contribution is -2.44. The van der Waals surface area contributed by atoms with Gasteiger partial charge < -0.3 is 10.1 Å². The van der Waals surface area contributed by atoms with Gasteiger partial charge in [-0.1, -0.05) is 13.8 Å². The van der Waals surface area contributed by atoms with Crippen LogP contribution in [-0.4, -0.2) is 49.8 Å². The minimum absolute atomic E-state index is 0.702. The Kier molecular flexibility index (Phi) is 4.62. The van der Waals surface area contributed by atoms with Gasteiger partial charge in [-0.2, -0.15) is 0 Å². The Hall–Kier alpha value is -0.120. The number of nitrogens with zero attached hydrogens (tertiary/aromatic N) is 1. The van der Waals surface area contributed by atoms with Crippen LogP contribution in [0.15, 0.2) is 0 Å². The van der Waals surface area contributed by atoms with Gasteiger partial charge in [0.15, 0.2) is 0 Å². The molecule has 0 saturated carbocycles. The summed E-state index contributed by atoms with van der Waals surface area (Å²) in [6.45, 7) is 10.0. The second-order valence-corrected chi connectivity index (χ2v) is 5.60. The number of rotatable bonds is 5. The molecule has 2 rings (SSSR count). The van der Waals surface area contributed by atoms with Gasteiger partial charge in [0.25, 0.3) is 0 Å². The molecular weight excluding hydrogens is 200 g/mol. The van der Waals surface area contributed by atoms with Crippen LogP contribution in [0.2, 0.25) is 0 Å². The van der Waals surface area contributed by atoms with E-state index in [1.54, 1.807) is 0 Å². The van der Waals surface area contributed by atoms with Crippen molar-refractivity contribution in [3.05, 3.63) is 0 Å². The van der Waals surface area contributed by atoms with E-state index >= 15 is 0 Å². The summed E-state index contributed by atoms with van der Waals surface area (Å²) in [7, 11) is 0. The van der Waals surface area contributed by atoms with E-state index in [0.29, 0.717) is 6.04 Å². The van der Waals surface area contributed by atoms with Gasteiger partial charge in [-0.05, 0) is 38.3 Å². The van der Waals surface area contributed by atoms with Crippen LogP contribution >= 0.6 is 0 Å². The van der Waals surface area contributed by atoms with Gasteiger partial charge in [0.05, 0.1) is 6.61 Å². The summed E-state index contributed by atoms with van der Waals surface area (Å²) in [4.78, 5) is 2.68. The number of hydrogen-bond donors (Lipinski definition) is 1. The summed E-state index contributed by atoms with van der Waals surface area (Å²) < 4.78 is 5.50. The van der Waals surface area contributed by atoms with E-state index in [-0.39, 0.29) is 0 Å². The third-order valence-electron chi connectivity index (χ3n) is 3.73. The van der Waals surface area contributed by atoms with E-state index in [4.69, 9.17) is 4.74 Å². The van der Waals surface area contributed by atoms with Crippen molar-refractivity contribution >= 4 is 0 Å². The zero-order chi connectivity index (χ0) is 11.4. The van der Waals surface area contributed by atoms with Crippen LogP contribution in [0.3, 0.4) is 0 Å². The Morgan fingerprint density at radius 3 is 2.94 bits per heavy atom. The van der Waals surface area contributed by atoms with Gasteiger partial charge in [-0.3, -0.25) is 4.90 Å². The lowest BCUT2D eigenvalue weighted by atomic mass is 10.1. The van der Waals surface area contributed by atoms with Crippen molar-refractivity contribution in [3.63, 3.8) is 0 Å². The fourth-order valence-electron chi connectivity index (χ4n) is 2.88. The van der Waals surface area contributed by atoms with Crippen molar-refractivity contribution in [1.29, 1.82) is 0 Å². The Morgan fingerprint density at radius 2 is 2.25 bits per heavy atom. The summed E-state index contributed by atoms with van der Waals surface area (Å²) >= 11 is 0. The highest BCUT2D eigenvalue weighted by Crippen LogP contribution is 2.23. The van der Waals surface area contributed by atoms with Crippen LogP contribution < -0.4 is 5.32 Å². The number of hydrogen-bond acceptors (Lipinski definition) is 3. The molecule has 2 unspecified atom stereocenters. The first-order valence-electron chi connectivity index (χ1n) is 6.81. The molecule has 0 amide bonds. The van der Waals surface area contributed by atoms with Gasteiger partial charge >= 0.3 is 0 Å². The van der Waals surface area contributed by atoms with Crippen LogP contribution in [0.4, 0.5) is 0 Å². The van der Waals surface area contributed by atoms with Gasteiger partial charge in [0.2, 0.25) is 0 Å². The second-order valence-electron chi connectivity index (χ2n) is 5.60. The molecule has 0 aromatic heterocycles. The molecule has 3 heteroatoms. The Morgan fingerprint density at radius 1 is 1.38 bits per heavy atom. The summed E-state index contributed by atoms with van der Waals surface area (Å²) in [6.07, 6.45) is 3.97. The van der Waals surface area contributed by atoms with Crippen LogP contribution in [0.25, 0.3) is 0 Å². The molecule has 2 fully saturated rings. The van der Waals surface area contributed by atoms with Gasteiger partial charge in [-0.15, -0.1) is 0 Å². The monoisotopic (exact) mass is 226 g/mol. The van der Waals surface area contributed by atoms with Crippen LogP contribution in [-0.2, 0) is 4.74 Å². The minimum Gasteiger partial charge on any atom is -0.380 e. The van der Waals surface area contributed by atoms with E-state index in [1.807, 2.05) is 0 Å². The molecule has 0 aromatic rings. The summed E-state index contributed by atoms with van der Waals surface area (Å²) in [6, 6.07) is 1.46. The highest BCUT2D eigenvalue weighted by atomic mass is 16.5. The van der Waals surface area contributed by atoms with Gasteiger partial charge in [0.1, 0.15) is 0 Å². The molecule has 94 valence electrons. The summed E-state index contributed by atoms with van der Waals surface area (Å²) in [5.74, 6) is 0.754. The zero-order valence-electron chi connectivity index (χ0n) is 10.7. The highest BCUT2D eigenvalue weighted by Gasteiger charge is 2.32. The first-order chi connectivity index (χ1) is 7.77. The van der Waals surface area contributed by atoms with Crippen molar-refractivity contribution in [1.82, 2.24) is 10.2 Å². The highest BCUT2D eigenvalue weighted by molar-refractivity contribution is 4.87. The molecule has 0 radical (unpaired) electrons. The van der Waals surface area contributed by atoms with E-state index in [1.165, 1.54) is 25.8 Å². The number of nitrogens with one attached hydrogen (secondary N) is 1. The Labute approximate surface area is 99.5 Å². The molecule has 2 atom stereocenters. The number of ether oxygens (including phenoxy) is 1. The first kappa shape index (κ1) is 12.3. The SMILES string of the molecule is CC(C)CNCC1CCCN1C1CCOC1. The summed E-state index contributed by atoms with van der Waals surface area (Å²) in [5.41, 5.74) is 0. The third-order valence-corrected chi connectivity index (χ3v) is 3.73.